The molecular formula is C17H19NO4S. The molecule has 6 heteroatoms. The summed E-state index contributed by atoms with van der Waals surface area (Å²) in [5, 5.41) is 3.43. The van der Waals surface area contributed by atoms with Crippen LogP contribution in [0.15, 0.2) is 30.3 Å². The van der Waals surface area contributed by atoms with Gasteiger partial charge in [-0.2, -0.15) is 0 Å². The fraction of sp³-hybridized carbons (Fsp3) is 0.294. The minimum Gasteiger partial charge on any atom is -0.462 e. The van der Waals surface area contributed by atoms with Gasteiger partial charge in [-0.15, -0.1) is 11.3 Å². The molecule has 1 heterocycles. The molecule has 0 spiro atoms. The van der Waals surface area contributed by atoms with Crippen molar-refractivity contribution in [3.63, 3.8) is 0 Å². The normalized spacial score (nSPS) is 10.4. The molecule has 1 aromatic carbocycles. The van der Waals surface area contributed by atoms with Crippen LogP contribution in [0, 0.1) is 6.92 Å². The number of ether oxygens (including phenoxy) is 2. The third-order valence-corrected chi connectivity index (χ3v) is 4.28. The molecule has 1 N–H and O–H groups in total. The molecule has 1 aromatic heterocycles. The van der Waals surface area contributed by atoms with E-state index in [2.05, 4.69) is 5.32 Å². The Hall–Kier alpha value is -2.18. The second-order valence-corrected chi connectivity index (χ2v) is 5.98. The number of methoxy groups -OCH3 is 1. The third kappa shape index (κ3) is 4.40. The summed E-state index contributed by atoms with van der Waals surface area (Å²) in [7, 11) is 1.63. The fourth-order valence-corrected chi connectivity index (χ4v) is 3.01. The van der Waals surface area contributed by atoms with Crippen molar-refractivity contribution in [1.29, 1.82) is 0 Å². The monoisotopic (exact) mass is 333 g/mol. The fourth-order valence-electron chi connectivity index (χ4n) is 2.05. The highest BCUT2D eigenvalue weighted by atomic mass is 32.1. The minimum atomic E-state index is -0.362. The molecule has 0 aliphatic heterocycles. The van der Waals surface area contributed by atoms with E-state index in [0.717, 1.165) is 11.1 Å². The number of nitrogens with one attached hydrogen (secondary N) is 1. The number of rotatable bonds is 6. The first-order chi connectivity index (χ1) is 11.0. The molecule has 0 fully saturated rings. The maximum absolute atomic E-state index is 12.2. The summed E-state index contributed by atoms with van der Waals surface area (Å²) in [5.41, 5.74) is 2.34. The minimum absolute atomic E-state index is 0.217. The van der Waals surface area contributed by atoms with Gasteiger partial charge in [-0.1, -0.05) is 12.1 Å². The average Bonchev–Trinajstić information content (AvgIpc) is 2.89. The molecule has 0 bridgehead atoms. The Morgan fingerprint density at radius 1 is 1.22 bits per heavy atom. The maximum Gasteiger partial charge on any atom is 0.348 e. The van der Waals surface area contributed by atoms with Gasteiger partial charge in [-0.25, -0.2) is 4.79 Å². The molecule has 23 heavy (non-hydrogen) atoms. The first-order valence-corrected chi connectivity index (χ1v) is 8.03. The number of benzene rings is 1. The molecule has 2 rings (SSSR count). The van der Waals surface area contributed by atoms with Crippen LogP contribution in [0.3, 0.4) is 0 Å². The summed E-state index contributed by atoms with van der Waals surface area (Å²) in [6.45, 7) is 4.41. The van der Waals surface area contributed by atoms with E-state index in [1.165, 1.54) is 11.3 Å². The van der Waals surface area contributed by atoms with Crippen LogP contribution >= 0.6 is 11.3 Å². The van der Waals surface area contributed by atoms with E-state index in [1.807, 2.05) is 19.1 Å². The topological polar surface area (TPSA) is 64.6 Å². The van der Waals surface area contributed by atoms with Crippen molar-refractivity contribution in [3.05, 3.63) is 51.9 Å². The van der Waals surface area contributed by atoms with E-state index in [9.17, 15) is 9.59 Å². The van der Waals surface area contributed by atoms with E-state index in [-0.39, 0.29) is 11.9 Å². The van der Waals surface area contributed by atoms with Crippen molar-refractivity contribution in [3.8, 4) is 0 Å². The van der Waals surface area contributed by atoms with Crippen molar-refractivity contribution >= 4 is 28.2 Å². The van der Waals surface area contributed by atoms with E-state index in [0.29, 0.717) is 28.7 Å². The van der Waals surface area contributed by atoms with Gasteiger partial charge in [-0.05, 0) is 43.2 Å². The van der Waals surface area contributed by atoms with E-state index in [4.69, 9.17) is 9.47 Å². The highest BCUT2D eigenvalue weighted by molar-refractivity contribution is 7.18. The molecule has 0 unspecified atom stereocenters. The average molecular weight is 333 g/mol. The second kappa shape index (κ2) is 7.89. The largest absolute Gasteiger partial charge is 0.462 e. The number of hydrogen-bond donors (Lipinski definition) is 1. The highest BCUT2D eigenvalue weighted by Gasteiger charge is 2.16. The Bertz CT molecular complexity index is 691. The van der Waals surface area contributed by atoms with Gasteiger partial charge in [0, 0.05) is 12.7 Å². The third-order valence-electron chi connectivity index (χ3n) is 3.14. The second-order valence-electron chi connectivity index (χ2n) is 4.93. The van der Waals surface area contributed by atoms with Crippen LogP contribution < -0.4 is 5.32 Å². The molecule has 1 amide bonds. The van der Waals surface area contributed by atoms with Crippen molar-refractivity contribution in [1.82, 2.24) is 0 Å². The predicted molar refractivity (Wildman–Crippen MR) is 90.1 cm³/mol. The lowest BCUT2D eigenvalue weighted by molar-refractivity contribution is 0.0531. The number of esters is 1. The molecule has 0 aliphatic carbocycles. The molecular weight excluding hydrogens is 314 g/mol. The number of aryl methyl sites for hydroxylation is 1. The molecule has 0 saturated heterocycles. The Morgan fingerprint density at radius 2 is 1.91 bits per heavy atom. The highest BCUT2D eigenvalue weighted by Crippen LogP contribution is 2.27. The lowest BCUT2D eigenvalue weighted by Gasteiger charge is -2.04. The van der Waals surface area contributed by atoms with Crippen LogP contribution in [0.25, 0.3) is 0 Å². The standard InChI is InChI=1S/C17H19NO4S/c1-4-22-17(20)15-11(2)9-14(23-15)18-16(19)13-7-5-12(6-8-13)10-21-3/h5-9H,4,10H2,1-3H3,(H,18,19). The van der Waals surface area contributed by atoms with E-state index < -0.39 is 0 Å². The summed E-state index contributed by atoms with van der Waals surface area (Å²) >= 11 is 1.22. The Labute approximate surface area is 139 Å². The van der Waals surface area contributed by atoms with E-state index >= 15 is 0 Å². The molecule has 0 atom stereocenters. The number of amides is 1. The van der Waals surface area contributed by atoms with Gasteiger partial charge in [0.25, 0.3) is 5.91 Å². The maximum atomic E-state index is 12.2. The lowest BCUT2D eigenvalue weighted by atomic mass is 10.1. The lowest BCUT2D eigenvalue weighted by Crippen LogP contribution is -2.10. The van der Waals surface area contributed by atoms with Gasteiger partial charge < -0.3 is 14.8 Å². The number of carbonyl (C=O) groups excluding carboxylic acids is 2. The van der Waals surface area contributed by atoms with Crippen molar-refractivity contribution in [2.45, 2.75) is 20.5 Å². The van der Waals surface area contributed by atoms with Gasteiger partial charge in [-0.3, -0.25) is 4.79 Å². The van der Waals surface area contributed by atoms with Gasteiger partial charge >= 0.3 is 5.97 Å². The number of hydrogen-bond acceptors (Lipinski definition) is 5. The molecule has 122 valence electrons. The summed E-state index contributed by atoms with van der Waals surface area (Å²) in [6.07, 6.45) is 0. The van der Waals surface area contributed by atoms with Crippen LogP contribution in [0.2, 0.25) is 0 Å². The van der Waals surface area contributed by atoms with Crippen LogP contribution in [-0.4, -0.2) is 25.6 Å². The van der Waals surface area contributed by atoms with Gasteiger partial charge in [0.15, 0.2) is 0 Å². The van der Waals surface area contributed by atoms with Crippen LogP contribution in [-0.2, 0) is 16.1 Å². The van der Waals surface area contributed by atoms with Crippen molar-refractivity contribution in [2.24, 2.45) is 0 Å². The van der Waals surface area contributed by atoms with Gasteiger partial charge in [0.1, 0.15) is 4.88 Å². The molecule has 0 radical (unpaired) electrons. The predicted octanol–water partition coefficient (Wildman–Crippen LogP) is 3.63. The molecule has 2 aromatic rings. The Morgan fingerprint density at radius 3 is 2.52 bits per heavy atom. The number of thiophene rings is 1. The molecule has 0 aliphatic rings. The zero-order chi connectivity index (χ0) is 16.8. The van der Waals surface area contributed by atoms with Crippen molar-refractivity contribution < 1.29 is 19.1 Å². The number of carbonyl (C=O) groups is 2. The van der Waals surface area contributed by atoms with E-state index in [1.54, 1.807) is 32.2 Å². The summed E-state index contributed by atoms with van der Waals surface area (Å²) in [4.78, 5) is 24.6. The van der Waals surface area contributed by atoms with Crippen LogP contribution in [0.1, 0.15) is 38.1 Å². The zero-order valence-corrected chi connectivity index (χ0v) is 14.2. The molecule has 5 nitrogen and oxygen atoms in total. The first kappa shape index (κ1) is 17.2. The summed E-state index contributed by atoms with van der Waals surface area (Å²) in [6, 6.07) is 8.96. The van der Waals surface area contributed by atoms with Gasteiger partial charge in [0.2, 0.25) is 0 Å². The first-order valence-electron chi connectivity index (χ1n) is 7.22. The van der Waals surface area contributed by atoms with Gasteiger partial charge in [0.05, 0.1) is 18.2 Å². The summed E-state index contributed by atoms with van der Waals surface area (Å²) in [5.74, 6) is -0.579. The SMILES string of the molecule is CCOC(=O)c1sc(NC(=O)c2ccc(COC)cc2)cc1C. The summed E-state index contributed by atoms with van der Waals surface area (Å²) < 4.78 is 10.0. The van der Waals surface area contributed by atoms with Crippen LogP contribution in [0.5, 0.6) is 0 Å². The zero-order valence-electron chi connectivity index (χ0n) is 13.3. The smallest absolute Gasteiger partial charge is 0.348 e. The quantitative estimate of drug-likeness (QED) is 0.820. The number of anilines is 1. The Kier molecular flexibility index (Phi) is 5.90. The molecule has 0 saturated carbocycles. The van der Waals surface area contributed by atoms with Crippen LogP contribution in [0.4, 0.5) is 5.00 Å². The van der Waals surface area contributed by atoms with Crippen molar-refractivity contribution in [2.75, 3.05) is 19.0 Å². The Balaban J connectivity index is 2.08.